The fourth-order valence-electron chi connectivity index (χ4n) is 2.28. The summed E-state index contributed by atoms with van der Waals surface area (Å²) in [7, 11) is 0. The SMILES string of the molecule is Fc1cc(F)cc(C(Br)c2ccc3c(c2)CCO3)c1. The molecule has 0 amide bonds. The number of fused-ring (bicyclic) bond motifs is 1. The monoisotopic (exact) mass is 324 g/mol. The van der Waals surface area contributed by atoms with Gasteiger partial charge in [-0.15, -0.1) is 0 Å². The Morgan fingerprint density at radius 2 is 1.74 bits per heavy atom. The summed E-state index contributed by atoms with van der Waals surface area (Å²) in [5.41, 5.74) is 2.67. The smallest absolute Gasteiger partial charge is 0.126 e. The quantitative estimate of drug-likeness (QED) is 0.745. The first-order valence-electron chi connectivity index (χ1n) is 5.99. The summed E-state index contributed by atoms with van der Waals surface area (Å²) in [4.78, 5) is -0.233. The summed E-state index contributed by atoms with van der Waals surface area (Å²) in [5.74, 6) is -0.234. The lowest BCUT2D eigenvalue weighted by atomic mass is 10.0. The Bertz CT molecular complexity index is 607. The molecule has 3 rings (SSSR count). The first kappa shape index (κ1) is 12.6. The predicted molar refractivity (Wildman–Crippen MR) is 72.8 cm³/mol. The molecule has 98 valence electrons. The fourth-order valence-corrected chi connectivity index (χ4v) is 2.83. The molecular formula is C15H11BrF2O. The van der Waals surface area contributed by atoms with E-state index in [1.165, 1.54) is 12.1 Å². The Balaban J connectivity index is 1.97. The van der Waals surface area contributed by atoms with E-state index in [9.17, 15) is 8.78 Å². The van der Waals surface area contributed by atoms with E-state index in [1.807, 2.05) is 18.2 Å². The van der Waals surface area contributed by atoms with E-state index in [-0.39, 0.29) is 4.83 Å². The van der Waals surface area contributed by atoms with Gasteiger partial charge in [0, 0.05) is 12.5 Å². The molecule has 1 unspecified atom stereocenters. The van der Waals surface area contributed by atoms with Gasteiger partial charge in [0.25, 0.3) is 0 Å². The van der Waals surface area contributed by atoms with Crippen molar-refractivity contribution in [3.63, 3.8) is 0 Å². The molecule has 1 nitrogen and oxygen atoms in total. The Hall–Kier alpha value is -1.42. The molecular weight excluding hydrogens is 314 g/mol. The second-order valence-corrected chi connectivity index (χ2v) is 5.45. The molecule has 0 saturated carbocycles. The molecule has 0 radical (unpaired) electrons. The Labute approximate surface area is 118 Å². The summed E-state index contributed by atoms with van der Waals surface area (Å²) in [6, 6.07) is 9.39. The maximum atomic E-state index is 13.2. The minimum absolute atomic E-state index is 0.233. The van der Waals surface area contributed by atoms with Crippen molar-refractivity contribution in [2.45, 2.75) is 11.2 Å². The highest BCUT2D eigenvalue weighted by molar-refractivity contribution is 9.09. The third-order valence-corrected chi connectivity index (χ3v) is 4.24. The summed E-state index contributed by atoms with van der Waals surface area (Å²) in [6.45, 7) is 0.695. The molecule has 0 bridgehead atoms. The van der Waals surface area contributed by atoms with Gasteiger partial charge in [-0.05, 0) is 34.9 Å². The van der Waals surface area contributed by atoms with Gasteiger partial charge in [-0.3, -0.25) is 0 Å². The molecule has 0 fully saturated rings. The molecule has 0 saturated heterocycles. The van der Waals surface area contributed by atoms with Gasteiger partial charge in [-0.2, -0.15) is 0 Å². The van der Waals surface area contributed by atoms with Crippen LogP contribution in [-0.2, 0) is 6.42 Å². The highest BCUT2D eigenvalue weighted by atomic mass is 79.9. The van der Waals surface area contributed by atoms with Crippen LogP contribution in [-0.4, -0.2) is 6.61 Å². The zero-order valence-electron chi connectivity index (χ0n) is 10.00. The van der Waals surface area contributed by atoms with E-state index in [2.05, 4.69) is 15.9 Å². The van der Waals surface area contributed by atoms with Crippen LogP contribution in [0.1, 0.15) is 21.5 Å². The van der Waals surface area contributed by atoms with Gasteiger partial charge < -0.3 is 4.74 Å². The third kappa shape index (κ3) is 2.50. The van der Waals surface area contributed by atoms with Gasteiger partial charge in [0.15, 0.2) is 0 Å². The van der Waals surface area contributed by atoms with E-state index in [1.54, 1.807) is 0 Å². The van der Waals surface area contributed by atoms with E-state index in [0.29, 0.717) is 12.2 Å². The van der Waals surface area contributed by atoms with Crippen LogP contribution in [0.2, 0.25) is 0 Å². The minimum atomic E-state index is -0.566. The molecule has 4 heteroatoms. The largest absolute Gasteiger partial charge is 0.493 e. The summed E-state index contributed by atoms with van der Waals surface area (Å²) >= 11 is 3.50. The van der Waals surface area contributed by atoms with Gasteiger partial charge in [0.1, 0.15) is 17.4 Å². The molecule has 1 heterocycles. The molecule has 0 N–H and O–H groups in total. The lowest BCUT2D eigenvalue weighted by Gasteiger charge is -2.12. The van der Waals surface area contributed by atoms with Gasteiger partial charge in [0.2, 0.25) is 0 Å². The summed E-state index contributed by atoms with van der Waals surface area (Å²) in [5, 5.41) is 0. The van der Waals surface area contributed by atoms with Crippen LogP contribution in [0.4, 0.5) is 8.78 Å². The average molecular weight is 325 g/mol. The lowest BCUT2D eigenvalue weighted by molar-refractivity contribution is 0.357. The number of alkyl halides is 1. The molecule has 1 aliphatic heterocycles. The van der Waals surface area contributed by atoms with Crippen molar-refractivity contribution in [2.75, 3.05) is 6.61 Å². The number of halogens is 3. The summed E-state index contributed by atoms with van der Waals surface area (Å²) in [6.07, 6.45) is 0.875. The van der Waals surface area contributed by atoms with Crippen molar-refractivity contribution in [1.82, 2.24) is 0 Å². The maximum absolute atomic E-state index is 13.2. The van der Waals surface area contributed by atoms with Crippen molar-refractivity contribution < 1.29 is 13.5 Å². The fraction of sp³-hybridized carbons (Fsp3) is 0.200. The molecule has 2 aromatic rings. The van der Waals surface area contributed by atoms with Crippen molar-refractivity contribution in [2.24, 2.45) is 0 Å². The van der Waals surface area contributed by atoms with Gasteiger partial charge in [-0.1, -0.05) is 28.1 Å². The molecule has 1 atom stereocenters. The van der Waals surface area contributed by atoms with Gasteiger partial charge in [0.05, 0.1) is 11.4 Å². The third-order valence-electron chi connectivity index (χ3n) is 3.18. The van der Waals surface area contributed by atoms with E-state index >= 15 is 0 Å². The Morgan fingerprint density at radius 1 is 1.00 bits per heavy atom. The highest BCUT2D eigenvalue weighted by Crippen LogP contribution is 2.35. The van der Waals surface area contributed by atoms with Crippen molar-refractivity contribution in [3.8, 4) is 5.75 Å². The van der Waals surface area contributed by atoms with E-state index < -0.39 is 11.6 Å². The predicted octanol–water partition coefficient (Wildman–Crippen LogP) is 4.38. The number of benzene rings is 2. The molecule has 0 spiro atoms. The van der Waals surface area contributed by atoms with Crippen molar-refractivity contribution in [3.05, 3.63) is 64.7 Å². The second-order valence-electron chi connectivity index (χ2n) is 4.53. The average Bonchev–Trinajstić information content (AvgIpc) is 2.83. The Morgan fingerprint density at radius 3 is 2.47 bits per heavy atom. The zero-order chi connectivity index (χ0) is 13.4. The van der Waals surface area contributed by atoms with Crippen molar-refractivity contribution in [1.29, 1.82) is 0 Å². The van der Waals surface area contributed by atoms with Gasteiger partial charge in [-0.25, -0.2) is 8.78 Å². The zero-order valence-corrected chi connectivity index (χ0v) is 11.6. The van der Waals surface area contributed by atoms with Crippen LogP contribution in [0.5, 0.6) is 5.75 Å². The van der Waals surface area contributed by atoms with E-state index in [0.717, 1.165) is 29.4 Å². The van der Waals surface area contributed by atoms with E-state index in [4.69, 9.17) is 4.74 Å². The Kier molecular flexibility index (Phi) is 3.27. The number of hydrogen-bond donors (Lipinski definition) is 0. The molecule has 0 aliphatic carbocycles. The van der Waals surface area contributed by atoms with Crippen molar-refractivity contribution >= 4 is 15.9 Å². The standard InChI is InChI=1S/C15H11BrF2O/c16-15(11-6-12(17)8-13(18)7-11)10-1-2-14-9(5-10)3-4-19-14/h1-2,5-8,15H,3-4H2. The second kappa shape index (κ2) is 4.93. The van der Waals surface area contributed by atoms with Crippen LogP contribution < -0.4 is 4.74 Å². The van der Waals surface area contributed by atoms with Crippen LogP contribution in [0, 0.1) is 11.6 Å². The van der Waals surface area contributed by atoms with Gasteiger partial charge >= 0.3 is 0 Å². The minimum Gasteiger partial charge on any atom is -0.493 e. The first-order chi connectivity index (χ1) is 9.13. The highest BCUT2D eigenvalue weighted by Gasteiger charge is 2.17. The number of ether oxygens (including phenoxy) is 1. The topological polar surface area (TPSA) is 9.23 Å². The maximum Gasteiger partial charge on any atom is 0.126 e. The molecule has 0 aromatic heterocycles. The summed E-state index contributed by atoms with van der Waals surface area (Å²) < 4.78 is 31.9. The van der Waals surface area contributed by atoms with Crippen LogP contribution >= 0.6 is 15.9 Å². The van der Waals surface area contributed by atoms with Crippen LogP contribution in [0.3, 0.4) is 0 Å². The van der Waals surface area contributed by atoms with Crippen LogP contribution in [0.25, 0.3) is 0 Å². The first-order valence-corrected chi connectivity index (χ1v) is 6.91. The number of rotatable bonds is 2. The van der Waals surface area contributed by atoms with Crippen LogP contribution in [0.15, 0.2) is 36.4 Å². The molecule has 19 heavy (non-hydrogen) atoms. The lowest BCUT2D eigenvalue weighted by Crippen LogP contribution is -1.96. The molecule has 1 aliphatic rings. The normalized spacial score (nSPS) is 14.9. The number of hydrogen-bond acceptors (Lipinski definition) is 1. The molecule has 2 aromatic carbocycles.